The van der Waals surface area contributed by atoms with Crippen LogP contribution in [-0.2, 0) is 14.8 Å². The van der Waals surface area contributed by atoms with Crippen LogP contribution in [0.3, 0.4) is 0 Å². The Hall–Kier alpha value is -1.58. The third-order valence-electron chi connectivity index (χ3n) is 3.79. The molecule has 1 atom stereocenters. The van der Waals surface area contributed by atoms with Gasteiger partial charge in [-0.1, -0.05) is 33.8 Å². The number of aromatic nitrogens is 2. The molecule has 0 aliphatic rings. The van der Waals surface area contributed by atoms with Crippen molar-refractivity contribution in [2.24, 2.45) is 11.8 Å². The first-order valence-electron chi connectivity index (χ1n) is 8.23. The summed E-state index contributed by atoms with van der Waals surface area (Å²) in [6.07, 6.45) is 0.840. The van der Waals surface area contributed by atoms with Crippen LogP contribution in [0.1, 0.15) is 34.1 Å². The number of rotatable bonds is 8. The Kier molecular flexibility index (Phi) is 6.47. The fraction of sp³-hybridized carbons (Fsp3) is 0.562. The summed E-state index contributed by atoms with van der Waals surface area (Å²) in [7, 11) is -3.89. The summed E-state index contributed by atoms with van der Waals surface area (Å²) in [6.45, 7) is 8.27. The molecule has 0 saturated heterocycles. The van der Waals surface area contributed by atoms with Crippen molar-refractivity contribution in [1.82, 2.24) is 18.8 Å². The maximum absolute atomic E-state index is 12.8. The van der Waals surface area contributed by atoms with E-state index in [9.17, 15) is 13.2 Å². The Labute approximate surface area is 152 Å². The first kappa shape index (κ1) is 19.7. The third kappa shape index (κ3) is 4.96. The highest BCUT2D eigenvalue weighted by atomic mass is 32.2. The van der Waals surface area contributed by atoms with Crippen LogP contribution < -0.4 is 10.0 Å². The number of hydrogen-bond donors (Lipinski definition) is 2. The second-order valence-corrected chi connectivity index (χ2v) is 8.92. The van der Waals surface area contributed by atoms with Crippen LogP contribution >= 0.6 is 11.7 Å². The molecule has 0 saturated carbocycles. The summed E-state index contributed by atoms with van der Waals surface area (Å²) in [5.74, 6) is -0.0475. The van der Waals surface area contributed by atoms with Gasteiger partial charge in [0.05, 0.1) is 11.7 Å². The Morgan fingerprint density at radius 3 is 2.56 bits per heavy atom. The minimum Gasteiger partial charge on any atom is -0.355 e. The van der Waals surface area contributed by atoms with Crippen LogP contribution in [0, 0.1) is 11.8 Å². The van der Waals surface area contributed by atoms with Gasteiger partial charge in [-0.25, -0.2) is 8.42 Å². The van der Waals surface area contributed by atoms with Gasteiger partial charge in [0.2, 0.25) is 15.9 Å². The lowest BCUT2D eigenvalue weighted by Crippen LogP contribution is -2.49. The first-order chi connectivity index (χ1) is 11.7. The highest BCUT2D eigenvalue weighted by Gasteiger charge is 2.29. The van der Waals surface area contributed by atoms with Crippen LogP contribution in [0.15, 0.2) is 23.1 Å². The van der Waals surface area contributed by atoms with Gasteiger partial charge in [0, 0.05) is 6.54 Å². The molecule has 9 heteroatoms. The number of nitrogens with zero attached hydrogens (tertiary/aromatic N) is 2. The largest absolute Gasteiger partial charge is 0.355 e. The lowest BCUT2D eigenvalue weighted by atomic mass is 10.0. The summed E-state index contributed by atoms with van der Waals surface area (Å²) >= 11 is 0.957. The minimum absolute atomic E-state index is 0.0411. The summed E-state index contributed by atoms with van der Waals surface area (Å²) in [4.78, 5) is 12.5. The molecule has 0 bridgehead atoms. The van der Waals surface area contributed by atoms with Gasteiger partial charge in [0.15, 0.2) is 0 Å². The molecule has 138 valence electrons. The molecule has 1 amide bonds. The number of carbonyl (C=O) groups excluding carboxylic acids is 1. The van der Waals surface area contributed by atoms with E-state index in [1.807, 2.05) is 0 Å². The standard InChI is InChI=1S/C16H24N4O3S2/c1-10(2)8-9-17-16(21)14(11(3)4)20-25(22,23)13-7-5-6-12-15(13)19-24-18-12/h5-7,10-11,14,20H,8-9H2,1-4H3,(H,17,21)/t14-/m1/s1. The van der Waals surface area contributed by atoms with Gasteiger partial charge in [-0.3, -0.25) is 4.79 Å². The molecule has 2 rings (SSSR count). The molecule has 0 aliphatic carbocycles. The van der Waals surface area contributed by atoms with E-state index in [0.717, 1.165) is 18.1 Å². The molecule has 25 heavy (non-hydrogen) atoms. The van der Waals surface area contributed by atoms with Crippen molar-refractivity contribution in [3.8, 4) is 0 Å². The summed E-state index contributed by atoms with van der Waals surface area (Å²) in [5.41, 5.74) is 0.845. The van der Waals surface area contributed by atoms with Gasteiger partial charge >= 0.3 is 0 Å². The number of hydrogen-bond acceptors (Lipinski definition) is 6. The molecule has 1 aromatic heterocycles. The van der Waals surface area contributed by atoms with Crippen molar-refractivity contribution in [2.75, 3.05) is 6.54 Å². The van der Waals surface area contributed by atoms with Crippen molar-refractivity contribution in [3.05, 3.63) is 18.2 Å². The Bertz CT molecular complexity index is 831. The van der Waals surface area contributed by atoms with Crippen molar-refractivity contribution in [2.45, 2.75) is 45.1 Å². The molecule has 0 aliphatic heterocycles. The van der Waals surface area contributed by atoms with Crippen molar-refractivity contribution in [1.29, 1.82) is 0 Å². The zero-order valence-electron chi connectivity index (χ0n) is 14.8. The maximum Gasteiger partial charge on any atom is 0.243 e. The highest BCUT2D eigenvalue weighted by molar-refractivity contribution is 7.89. The lowest BCUT2D eigenvalue weighted by Gasteiger charge is -2.22. The van der Waals surface area contributed by atoms with E-state index in [4.69, 9.17) is 0 Å². The molecule has 2 aromatic rings. The van der Waals surface area contributed by atoms with Gasteiger partial charge in [-0.05, 0) is 30.4 Å². The van der Waals surface area contributed by atoms with E-state index in [0.29, 0.717) is 23.5 Å². The van der Waals surface area contributed by atoms with Crippen molar-refractivity contribution in [3.63, 3.8) is 0 Å². The minimum atomic E-state index is -3.89. The molecule has 0 spiro atoms. The van der Waals surface area contributed by atoms with Gasteiger partial charge in [0.1, 0.15) is 22.0 Å². The van der Waals surface area contributed by atoms with E-state index in [2.05, 4.69) is 32.6 Å². The number of amides is 1. The molecule has 0 fully saturated rings. The summed E-state index contributed by atoms with van der Waals surface area (Å²) < 4.78 is 36.2. The van der Waals surface area contributed by atoms with Crippen LogP contribution in [0.4, 0.5) is 0 Å². The highest BCUT2D eigenvalue weighted by Crippen LogP contribution is 2.21. The third-order valence-corrected chi connectivity index (χ3v) is 5.81. The smallest absolute Gasteiger partial charge is 0.243 e. The van der Waals surface area contributed by atoms with Gasteiger partial charge in [-0.15, -0.1) is 0 Å². The number of carbonyl (C=O) groups is 1. The van der Waals surface area contributed by atoms with Crippen LogP contribution in [0.2, 0.25) is 0 Å². The summed E-state index contributed by atoms with van der Waals surface area (Å²) in [6, 6.07) is 3.95. The molecular formula is C16H24N4O3S2. The quantitative estimate of drug-likeness (QED) is 0.726. The van der Waals surface area contributed by atoms with E-state index in [1.165, 1.54) is 6.07 Å². The zero-order chi connectivity index (χ0) is 18.6. The predicted molar refractivity (Wildman–Crippen MR) is 98.8 cm³/mol. The van der Waals surface area contributed by atoms with E-state index < -0.39 is 16.1 Å². The Morgan fingerprint density at radius 1 is 1.20 bits per heavy atom. The number of fused-ring (bicyclic) bond motifs is 1. The SMILES string of the molecule is CC(C)CCNC(=O)[C@H](NS(=O)(=O)c1cccc2nsnc12)C(C)C. The number of nitrogens with one attached hydrogen (secondary N) is 2. The van der Waals surface area contributed by atoms with E-state index in [1.54, 1.807) is 26.0 Å². The first-order valence-corrected chi connectivity index (χ1v) is 10.4. The molecule has 2 N–H and O–H groups in total. The summed E-state index contributed by atoms with van der Waals surface area (Å²) in [5, 5.41) is 2.81. The van der Waals surface area contributed by atoms with Crippen LogP contribution in [-0.4, -0.2) is 35.7 Å². The van der Waals surface area contributed by atoms with E-state index >= 15 is 0 Å². The number of sulfonamides is 1. The second kappa shape index (κ2) is 8.20. The van der Waals surface area contributed by atoms with Gasteiger partial charge in [-0.2, -0.15) is 13.5 Å². The molecular weight excluding hydrogens is 360 g/mol. The van der Waals surface area contributed by atoms with Crippen molar-refractivity contribution >= 4 is 38.7 Å². The lowest BCUT2D eigenvalue weighted by molar-refractivity contribution is -0.123. The Balaban J connectivity index is 2.20. The topological polar surface area (TPSA) is 101 Å². The fourth-order valence-corrected chi connectivity index (χ4v) is 4.43. The molecule has 1 aromatic carbocycles. The Morgan fingerprint density at radius 2 is 1.92 bits per heavy atom. The molecule has 0 radical (unpaired) electrons. The average Bonchev–Trinajstić information content (AvgIpc) is 3.00. The van der Waals surface area contributed by atoms with Crippen LogP contribution in [0.5, 0.6) is 0 Å². The zero-order valence-corrected chi connectivity index (χ0v) is 16.4. The molecule has 0 unspecified atom stereocenters. The predicted octanol–water partition coefficient (Wildman–Crippen LogP) is 2.16. The molecule has 7 nitrogen and oxygen atoms in total. The fourth-order valence-electron chi connectivity index (χ4n) is 2.32. The van der Waals surface area contributed by atoms with Gasteiger partial charge < -0.3 is 5.32 Å². The molecule has 1 heterocycles. The normalized spacial score (nSPS) is 13.5. The van der Waals surface area contributed by atoms with Gasteiger partial charge in [0.25, 0.3) is 0 Å². The maximum atomic E-state index is 12.8. The number of benzene rings is 1. The van der Waals surface area contributed by atoms with Crippen molar-refractivity contribution < 1.29 is 13.2 Å². The average molecular weight is 385 g/mol. The second-order valence-electron chi connectivity index (χ2n) is 6.70. The van der Waals surface area contributed by atoms with E-state index in [-0.39, 0.29) is 16.7 Å². The van der Waals surface area contributed by atoms with Crippen LogP contribution in [0.25, 0.3) is 11.0 Å². The monoisotopic (exact) mass is 384 g/mol.